The van der Waals surface area contributed by atoms with Crippen LogP contribution in [0.5, 0.6) is 11.5 Å². The van der Waals surface area contributed by atoms with Crippen LogP contribution < -0.4 is 15.2 Å². The maximum absolute atomic E-state index is 5.64. The Bertz CT molecular complexity index is 535. The number of rotatable bonds is 5. The minimum atomic E-state index is 0.511. The summed E-state index contributed by atoms with van der Waals surface area (Å²) in [6.45, 7) is 5.19. The van der Waals surface area contributed by atoms with Crippen molar-refractivity contribution in [1.82, 2.24) is 0 Å². The number of aryl methyl sites for hydroxylation is 2. The van der Waals surface area contributed by atoms with E-state index < -0.39 is 0 Å². The third-order valence-electron chi connectivity index (χ3n) is 2.98. The van der Waals surface area contributed by atoms with Crippen molar-refractivity contribution in [3.8, 4) is 11.5 Å². The van der Waals surface area contributed by atoms with Crippen LogP contribution in [0.25, 0.3) is 0 Å². The van der Waals surface area contributed by atoms with Crippen molar-refractivity contribution in [1.29, 1.82) is 0 Å². The monoisotopic (exact) mass is 257 g/mol. The molecule has 0 unspecified atom stereocenters. The summed E-state index contributed by atoms with van der Waals surface area (Å²) >= 11 is 0. The molecule has 0 amide bonds. The SMILES string of the molecule is Cc1ccc(OCCOc2ccc(N)cc2)cc1C. The van der Waals surface area contributed by atoms with E-state index in [9.17, 15) is 0 Å². The molecule has 100 valence electrons. The number of nitrogen functional groups attached to an aromatic ring is 1. The Hall–Kier alpha value is -2.16. The molecule has 3 heteroatoms. The van der Waals surface area contributed by atoms with Gasteiger partial charge < -0.3 is 15.2 Å². The summed E-state index contributed by atoms with van der Waals surface area (Å²) in [5.41, 5.74) is 8.84. The van der Waals surface area contributed by atoms with E-state index in [2.05, 4.69) is 19.9 Å². The molecule has 19 heavy (non-hydrogen) atoms. The molecule has 0 heterocycles. The number of nitrogens with two attached hydrogens (primary N) is 1. The molecule has 0 saturated carbocycles. The van der Waals surface area contributed by atoms with Crippen LogP contribution in [0, 0.1) is 13.8 Å². The smallest absolute Gasteiger partial charge is 0.122 e. The van der Waals surface area contributed by atoms with Gasteiger partial charge in [-0.2, -0.15) is 0 Å². The summed E-state index contributed by atoms with van der Waals surface area (Å²) in [5.74, 6) is 1.68. The van der Waals surface area contributed by atoms with Gasteiger partial charge in [0.1, 0.15) is 24.7 Å². The van der Waals surface area contributed by atoms with Gasteiger partial charge in [-0.3, -0.25) is 0 Å². The molecule has 0 radical (unpaired) electrons. The van der Waals surface area contributed by atoms with E-state index in [1.165, 1.54) is 11.1 Å². The van der Waals surface area contributed by atoms with Gasteiger partial charge in [-0.1, -0.05) is 6.07 Å². The largest absolute Gasteiger partial charge is 0.490 e. The number of anilines is 1. The zero-order valence-corrected chi connectivity index (χ0v) is 11.3. The van der Waals surface area contributed by atoms with Gasteiger partial charge in [0.05, 0.1) is 0 Å². The molecular formula is C16H19NO2. The molecule has 2 aromatic carbocycles. The first-order valence-electron chi connectivity index (χ1n) is 6.33. The third-order valence-corrected chi connectivity index (χ3v) is 2.98. The minimum Gasteiger partial charge on any atom is -0.490 e. The van der Waals surface area contributed by atoms with Crippen LogP contribution in [0.15, 0.2) is 42.5 Å². The van der Waals surface area contributed by atoms with Crippen molar-refractivity contribution >= 4 is 5.69 Å². The Morgan fingerprint density at radius 3 is 2.00 bits per heavy atom. The van der Waals surface area contributed by atoms with Crippen LogP contribution in [0.4, 0.5) is 5.69 Å². The predicted octanol–water partition coefficient (Wildman–Crippen LogP) is 3.34. The van der Waals surface area contributed by atoms with Crippen molar-refractivity contribution in [3.63, 3.8) is 0 Å². The summed E-state index contributed by atoms with van der Waals surface area (Å²) in [5, 5.41) is 0. The van der Waals surface area contributed by atoms with Gasteiger partial charge in [0.2, 0.25) is 0 Å². The zero-order chi connectivity index (χ0) is 13.7. The van der Waals surface area contributed by atoms with Crippen LogP contribution in [0.3, 0.4) is 0 Å². The fraction of sp³-hybridized carbons (Fsp3) is 0.250. The summed E-state index contributed by atoms with van der Waals surface area (Å²) < 4.78 is 11.2. The molecule has 0 aliphatic rings. The Kier molecular flexibility index (Phi) is 4.29. The van der Waals surface area contributed by atoms with Gasteiger partial charge >= 0.3 is 0 Å². The second kappa shape index (κ2) is 6.14. The van der Waals surface area contributed by atoms with Crippen molar-refractivity contribution < 1.29 is 9.47 Å². The van der Waals surface area contributed by atoms with E-state index in [0.717, 1.165) is 17.2 Å². The molecule has 0 saturated heterocycles. The topological polar surface area (TPSA) is 44.5 Å². The van der Waals surface area contributed by atoms with E-state index in [4.69, 9.17) is 15.2 Å². The number of ether oxygens (including phenoxy) is 2. The molecule has 0 atom stereocenters. The number of hydrogen-bond acceptors (Lipinski definition) is 3. The summed E-state index contributed by atoms with van der Waals surface area (Å²) in [6.07, 6.45) is 0. The highest BCUT2D eigenvalue weighted by Crippen LogP contribution is 2.16. The Balaban J connectivity index is 1.77. The lowest BCUT2D eigenvalue weighted by molar-refractivity contribution is 0.217. The number of hydrogen-bond donors (Lipinski definition) is 1. The fourth-order valence-corrected chi connectivity index (χ4v) is 1.69. The van der Waals surface area contributed by atoms with Gasteiger partial charge in [-0.15, -0.1) is 0 Å². The molecule has 0 aliphatic carbocycles. The second-order valence-electron chi connectivity index (χ2n) is 4.51. The Morgan fingerprint density at radius 2 is 1.37 bits per heavy atom. The van der Waals surface area contributed by atoms with E-state index in [1.807, 2.05) is 36.4 Å². The first kappa shape index (κ1) is 13.3. The van der Waals surface area contributed by atoms with Crippen LogP contribution in [0.1, 0.15) is 11.1 Å². The van der Waals surface area contributed by atoms with Crippen molar-refractivity contribution in [2.45, 2.75) is 13.8 Å². The molecule has 0 spiro atoms. The molecular weight excluding hydrogens is 238 g/mol. The average molecular weight is 257 g/mol. The first-order valence-corrected chi connectivity index (χ1v) is 6.33. The normalized spacial score (nSPS) is 10.2. The lowest BCUT2D eigenvalue weighted by Crippen LogP contribution is -2.09. The Morgan fingerprint density at radius 1 is 0.789 bits per heavy atom. The van der Waals surface area contributed by atoms with Gasteiger partial charge in [0.15, 0.2) is 0 Å². The highest BCUT2D eigenvalue weighted by Gasteiger charge is 1.98. The van der Waals surface area contributed by atoms with Crippen LogP contribution in [0.2, 0.25) is 0 Å². The standard InChI is InChI=1S/C16H19NO2/c1-12-3-6-16(11-13(12)2)19-10-9-18-15-7-4-14(17)5-8-15/h3-8,11H,9-10,17H2,1-2H3. The molecule has 2 rings (SSSR count). The number of benzene rings is 2. The predicted molar refractivity (Wildman–Crippen MR) is 77.8 cm³/mol. The van der Waals surface area contributed by atoms with Crippen LogP contribution in [-0.4, -0.2) is 13.2 Å². The average Bonchev–Trinajstić information content (AvgIpc) is 2.41. The second-order valence-corrected chi connectivity index (χ2v) is 4.51. The quantitative estimate of drug-likeness (QED) is 0.660. The van der Waals surface area contributed by atoms with E-state index in [1.54, 1.807) is 0 Å². The highest BCUT2D eigenvalue weighted by atomic mass is 16.5. The summed E-state index contributed by atoms with van der Waals surface area (Å²) in [7, 11) is 0. The van der Waals surface area contributed by atoms with Gasteiger partial charge in [0, 0.05) is 5.69 Å². The lowest BCUT2D eigenvalue weighted by Gasteiger charge is -2.09. The van der Waals surface area contributed by atoms with Crippen molar-refractivity contribution in [3.05, 3.63) is 53.6 Å². The van der Waals surface area contributed by atoms with Crippen LogP contribution in [-0.2, 0) is 0 Å². The minimum absolute atomic E-state index is 0.511. The van der Waals surface area contributed by atoms with Crippen molar-refractivity contribution in [2.75, 3.05) is 18.9 Å². The fourth-order valence-electron chi connectivity index (χ4n) is 1.69. The summed E-state index contributed by atoms with van der Waals surface area (Å²) in [6, 6.07) is 13.4. The maximum atomic E-state index is 5.64. The molecule has 0 bridgehead atoms. The molecule has 3 nitrogen and oxygen atoms in total. The van der Waals surface area contributed by atoms with Crippen LogP contribution >= 0.6 is 0 Å². The van der Waals surface area contributed by atoms with Gasteiger partial charge in [-0.05, 0) is 61.4 Å². The third kappa shape index (κ3) is 3.91. The van der Waals surface area contributed by atoms with Gasteiger partial charge in [0.25, 0.3) is 0 Å². The molecule has 0 fully saturated rings. The van der Waals surface area contributed by atoms with Gasteiger partial charge in [-0.25, -0.2) is 0 Å². The molecule has 2 N–H and O–H groups in total. The Labute approximate surface area is 114 Å². The maximum Gasteiger partial charge on any atom is 0.122 e. The van der Waals surface area contributed by atoms with E-state index >= 15 is 0 Å². The molecule has 2 aromatic rings. The van der Waals surface area contributed by atoms with E-state index in [-0.39, 0.29) is 0 Å². The zero-order valence-electron chi connectivity index (χ0n) is 11.3. The van der Waals surface area contributed by atoms with E-state index in [0.29, 0.717) is 13.2 Å². The summed E-state index contributed by atoms with van der Waals surface area (Å²) in [4.78, 5) is 0. The highest BCUT2D eigenvalue weighted by molar-refractivity contribution is 5.41. The molecule has 0 aromatic heterocycles. The molecule has 0 aliphatic heterocycles. The lowest BCUT2D eigenvalue weighted by atomic mass is 10.1. The van der Waals surface area contributed by atoms with Crippen molar-refractivity contribution in [2.24, 2.45) is 0 Å². The first-order chi connectivity index (χ1) is 9.15.